The van der Waals surface area contributed by atoms with E-state index in [-0.39, 0.29) is 18.0 Å². The summed E-state index contributed by atoms with van der Waals surface area (Å²) in [5.74, 6) is 0.285. The molecule has 1 heterocycles. The van der Waals surface area contributed by atoms with Crippen molar-refractivity contribution < 1.29 is 22.4 Å². The maximum absolute atomic E-state index is 12.4. The van der Waals surface area contributed by atoms with Gasteiger partial charge in [-0.15, -0.1) is 0 Å². The number of ether oxygens (including phenoxy) is 1. The number of nitriles is 1. The van der Waals surface area contributed by atoms with Crippen LogP contribution in [0.3, 0.4) is 0 Å². The summed E-state index contributed by atoms with van der Waals surface area (Å²) in [6.45, 7) is -0.315. The molecular formula is C20H17N3O5S. The van der Waals surface area contributed by atoms with E-state index in [2.05, 4.69) is 10.0 Å². The summed E-state index contributed by atoms with van der Waals surface area (Å²) in [5.41, 5.74) is 0.615. The summed E-state index contributed by atoms with van der Waals surface area (Å²) in [4.78, 5) is 12.1. The number of rotatable bonds is 8. The molecule has 3 rings (SSSR count). The first-order chi connectivity index (χ1) is 14.0. The van der Waals surface area contributed by atoms with Crippen molar-refractivity contribution in [1.82, 2.24) is 4.72 Å². The standard InChI is InChI=1S/C20H17N3O5S/c21-12-15-5-1-2-9-19(15)28-14-20(24)23-16-6-3-8-18(11-16)29(25,26)22-13-17-7-4-10-27-17/h1-11,22H,13-14H2,(H,23,24). The third-order valence-corrected chi connectivity index (χ3v) is 5.21. The van der Waals surface area contributed by atoms with Crippen LogP contribution in [0.15, 0.2) is 76.2 Å². The molecular weight excluding hydrogens is 394 g/mol. The van der Waals surface area contributed by atoms with E-state index < -0.39 is 15.9 Å². The number of nitrogens with zero attached hydrogens (tertiary/aromatic N) is 1. The van der Waals surface area contributed by atoms with E-state index in [1.807, 2.05) is 6.07 Å². The zero-order valence-electron chi connectivity index (χ0n) is 15.2. The Kier molecular flexibility index (Phi) is 6.29. The normalized spacial score (nSPS) is 10.9. The Morgan fingerprint density at radius 3 is 2.69 bits per heavy atom. The Hall–Kier alpha value is -3.61. The summed E-state index contributed by atoms with van der Waals surface area (Å²) >= 11 is 0. The molecule has 9 heteroatoms. The number of sulfonamides is 1. The lowest BCUT2D eigenvalue weighted by Crippen LogP contribution is -2.24. The van der Waals surface area contributed by atoms with Gasteiger partial charge in [0.1, 0.15) is 17.6 Å². The van der Waals surface area contributed by atoms with Crippen molar-refractivity contribution >= 4 is 21.6 Å². The van der Waals surface area contributed by atoms with Gasteiger partial charge in [-0.25, -0.2) is 13.1 Å². The highest BCUT2D eigenvalue weighted by Crippen LogP contribution is 2.18. The molecule has 1 aromatic heterocycles. The fourth-order valence-corrected chi connectivity index (χ4v) is 3.47. The SMILES string of the molecule is N#Cc1ccccc1OCC(=O)Nc1cccc(S(=O)(=O)NCc2ccco2)c1. The third-order valence-electron chi connectivity index (χ3n) is 3.81. The van der Waals surface area contributed by atoms with Gasteiger partial charge in [0.2, 0.25) is 10.0 Å². The highest BCUT2D eigenvalue weighted by atomic mass is 32.2. The van der Waals surface area contributed by atoms with Crippen LogP contribution < -0.4 is 14.8 Å². The predicted molar refractivity (Wildman–Crippen MR) is 104 cm³/mol. The lowest BCUT2D eigenvalue weighted by Gasteiger charge is -2.10. The molecule has 29 heavy (non-hydrogen) atoms. The number of furan rings is 1. The van der Waals surface area contributed by atoms with Crippen LogP contribution in [-0.4, -0.2) is 20.9 Å². The van der Waals surface area contributed by atoms with E-state index in [1.165, 1.54) is 24.5 Å². The van der Waals surface area contributed by atoms with E-state index in [0.717, 1.165) is 0 Å². The zero-order chi connectivity index (χ0) is 20.7. The topological polar surface area (TPSA) is 121 Å². The second-order valence-electron chi connectivity index (χ2n) is 5.88. The van der Waals surface area contributed by atoms with Crippen molar-refractivity contribution in [3.63, 3.8) is 0 Å². The van der Waals surface area contributed by atoms with Gasteiger partial charge in [0.05, 0.1) is 23.3 Å². The third kappa shape index (κ3) is 5.44. The van der Waals surface area contributed by atoms with Crippen molar-refractivity contribution in [2.45, 2.75) is 11.4 Å². The molecule has 148 valence electrons. The Morgan fingerprint density at radius 2 is 1.93 bits per heavy atom. The number of amides is 1. The molecule has 3 aromatic rings. The molecule has 8 nitrogen and oxygen atoms in total. The number of benzene rings is 2. The second-order valence-corrected chi connectivity index (χ2v) is 7.64. The van der Waals surface area contributed by atoms with Crippen LogP contribution in [0, 0.1) is 11.3 Å². The molecule has 0 unspecified atom stereocenters. The monoisotopic (exact) mass is 411 g/mol. The number of anilines is 1. The van der Waals surface area contributed by atoms with Crippen molar-refractivity contribution in [3.05, 3.63) is 78.3 Å². The van der Waals surface area contributed by atoms with E-state index in [0.29, 0.717) is 22.8 Å². The molecule has 0 saturated carbocycles. The maximum Gasteiger partial charge on any atom is 0.262 e. The molecule has 0 radical (unpaired) electrons. The van der Waals surface area contributed by atoms with Gasteiger partial charge in [0.25, 0.3) is 5.91 Å². The zero-order valence-corrected chi connectivity index (χ0v) is 16.0. The van der Waals surface area contributed by atoms with Gasteiger partial charge < -0.3 is 14.5 Å². The highest BCUT2D eigenvalue weighted by molar-refractivity contribution is 7.89. The number of hydrogen-bond acceptors (Lipinski definition) is 6. The van der Waals surface area contributed by atoms with Crippen LogP contribution >= 0.6 is 0 Å². The minimum absolute atomic E-state index is 0.00222. The average molecular weight is 411 g/mol. The number of nitrogens with one attached hydrogen (secondary N) is 2. The average Bonchev–Trinajstić information content (AvgIpc) is 3.25. The van der Waals surface area contributed by atoms with Gasteiger partial charge >= 0.3 is 0 Å². The molecule has 1 amide bonds. The summed E-state index contributed by atoms with van der Waals surface area (Å²) in [6, 6.07) is 17.7. The number of carbonyl (C=O) groups is 1. The van der Waals surface area contributed by atoms with Gasteiger partial charge in [-0.2, -0.15) is 5.26 Å². The molecule has 2 N–H and O–H groups in total. The Morgan fingerprint density at radius 1 is 1.10 bits per heavy atom. The Bertz CT molecular complexity index is 1130. The summed E-state index contributed by atoms with van der Waals surface area (Å²) in [5, 5.41) is 11.6. The smallest absolute Gasteiger partial charge is 0.262 e. The van der Waals surface area contributed by atoms with Crippen molar-refractivity contribution in [1.29, 1.82) is 5.26 Å². The van der Waals surface area contributed by atoms with Crippen LogP contribution in [0.4, 0.5) is 5.69 Å². The molecule has 0 saturated heterocycles. The fourth-order valence-electron chi connectivity index (χ4n) is 2.43. The summed E-state index contributed by atoms with van der Waals surface area (Å²) in [7, 11) is -3.79. The molecule has 0 aliphatic rings. The lowest BCUT2D eigenvalue weighted by molar-refractivity contribution is -0.118. The summed E-state index contributed by atoms with van der Waals surface area (Å²) in [6.07, 6.45) is 1.46. The fraction of sp³-hybridized carbons (Fsp3) is 0.100. The first kappa shape index (κ1) is 20.1. The van der Waals surface area contributed by atoms with E-state index >= 15 is 0 Å². The second kappa shape index (κ2) is 9.05. The quantitative estimate of drug-likeness (QED) is 0.588. The van der Waals surface area contributed by atoms with Crippen LogP contribution in [-0.2, 0) is 21.4 Å². The lowest BCUT2D eigenvalue weighted by atomic mass is 10.2. The molecule has 0 atom stereocenters. The first-order valence-electron chi connectivity index (χ1n) is 8.52. The van der Waals surface area contributed by atoms with Crippen LogP contribution in [0.2, 0.25) is 0 Å². The molecule has 0 aliphatic heterocycles. The number of hydrogen-bond donors (Lipinski definition) is 2. The van der Waals surface area contributed by atoms with Gasteiger partial charge in [0.15, 0.2) is 6.61 Å². The molecule has 2 aromatic carbocycles. The molecule has 0 aliphatic carbocycles. The van der Waals surface area contributed by atoms with Crippen molar-refractivity contribution in [3.8, 4) is 11.8 Å². The molecule has 0 bridgehead atoms. The van der Waals surface area contributed by atoms with E-state index in [4.69, 9.17) is 14.4 Å². The van der Waals surface area contributed by atoms with Crippen LogP contribution in [0.5, 0.6) is 5.75 Å². The first-order valence-corrected chi connectivity index (χ1v) is 10.00. The van der Waals surface area contributed by atoms with E-state index in [1.54, 1.807) is 42.5 Å². The number of para-hydroxylation sites is 1. The predicted octanol–water partition coefficient (Wildman–Crippen LogP) is 2.65. The van der Waals surface area contributed by atoms with Crippen molar-refractivity contribution in [2.24, 2.45) is 0 Å². The van der Waals surface area contributed by atoms with Gasteiger partial charge in [0, 0.05) is 5.69 Å². The molecule has 0 spiro atoms. The van der Waals surface area contributed by atoms with Gasteiger partial charge in [-0.1, -0.05) is 18.2 Å². The number of carbonyl (C=O) groups excluding carboxylic acids is 1. The minimum Gasteiger partial charge on any atom is -0.482 e. The highest BCUT2D eigenvalue weighted by Gasteiger charge is 2.15. The largest absolute Gasteiger partial charge is 0.482 e. The maximum atomic E-state index is 12.4. The van der Waals surface area contributed by atoms with Gasteiger partial charge in [-0.05, 0) is 42.5 Å². The van der Waals surface area contributed by atoms with E-state index in [9.17, 15) is 13.2 Å². The summed E-state index contributed by atoms with van der Waals surface area (Å²) < 4.78 is 37.7. The molecule has 0 fully saturated rings. The minimum atomic E-state index is -3.79. The van der Waals surface area contributed by atoms with Crippen LogP contribution in [0.1, 0.15) is 11.3 Å². The van der Waals surface area contributed by atoms with Crippen LogP contribution in [0.25, 0.3) is 0 Å². The van der Waals surface area contributed by atoms with Gasteiger partial charge in [-0.3, -0.25) is 4.79 Å². The van der Waals surface area contributed by atoms with Crippen molar-refractivity contribution in [2.75, 3.05) is 11.9 Å². The Labute approximate surface area is 167 Å². The Balaban J connectivity index is 1.61.